The fourth-order valence-corrected chi connectivity index (χ4v) is 2.08. The highest BCUT2D eigenvalue weighted by Gasteiger charge is 2.26. The van der Waals surface area contributed by atoms with Crippen LogP contribution in [0.1, 0.15) is 30.9 Å². The number of hydrogen-bond donors (Lipinski definition) is 0. The van der Waals surface area contributed by atoms with E-state index < -0.39 is 0 Å². The molecule has 0 saturated carbocycles. The Morgan fingerprint density at radius 1 is 1.33 bits per heavy atom. The van der Waals surface area contributed by atoms with Gasteiger partial charge >= 0.3 is 0 Å². The van der Waals surface area contributed by atoms with E-state index in [1.54, 1.807) is 7.11 Å². The molecule has 2 nitrogen and oxygen atoms in total. The van der Waals surface area contributed by atoms with E-state index in [2.05, 4.69) is 26.8 Å². The quantitative estimate of drug-likeness (QED) is 0.702. The smallest absolute Gasteiger partial charge is 0.164 e. The molecule has 0 amide bonds. The van der Waals surface area contributed by atoms with Crippen molar-refractivity contribution in [1.29, 1.82) is 0 Å². The van der Waals surface area contributed by atoms with Gasteiger partial charge in [0.05, 0.1) is 13.7 Å². The van der Waals surface area contributed by atoms with Gasteiger partial charge in [-0.25, -0.2) is 0 Å². The van der Waals surface area contributed by atoms with E-state index in [1.807, 2.05) is 6.07 Å². The summed E-state index contributed by atoms with van der Waals surface area (Å²) in [4.78, 5) is 0. The fraction of sp³-hybridized carbons (Fsp3) is 0.538. The minimum atomic E-state index is 0.544. The molecule has 2 rings (SSSR count). The molecule has 82 valence electrons. The number of hydrogen-bond acceptors (Lipinski definition) is 2. The van der Waals surface area contributed by atoms with Gasteiger partial charge in [0.25, 0.3) is 0 Å². The van der Waals surface area contributed by atoms with Gasteiger partial charge in [-0.3, -0.25) is 0 Å². The first kappa shape index (κ1) is 10.3. The van der Waals surface area contributed by atoms with Crippen molar-refractivity contribution >= 4 is 0 Å². The predicted octanol–water partition coefficient (Wildman–Crippen LogP) is 3.14. The molecule has 1 aliphatic heterocycles. The second kappa shape index (κ2) is 3.76. The third kappa shape index (κ3) is 1.69. The molecule has 2 heteroatoms. The van der Waals surface area contributed by atoms with Crippen LogP contribution >= 0.6 is 0 Å². The molecule has 0 aromatic heterocycles. The summed E-state index contributed by atoms with van der Waals surface area (Å²) in [5, 5.41) is 0. The summed E-state index contributed by atoms with van der Waals surface area (Å²) in [6.07, 6.45) is 0. The maximum atomic E-state index is 5.76. The molecule has 0 radical (unpaired) electrons. The number of methoxy groups -OCH3 is 1. The van der Waals surface area contributed by atoms with E-state index in [0.29, 0.717) is 11.8 Å². The Kier molecular flexibility index (Phi) is 2.59. The number of ether oxygens (including phenoxy) is 2. The van der Waals surface area contributed by atoms with Gasteiger partial charge in [-0.05, 0) is 30.4 Å². The molecular formula is C13H18O2. The molecule has 1 aromatic carbocycles. The minimum absolute atomic E-state index is 0.544. The Labute approximate surface area is 91.2 Å². The number of aryl methyl sites for hydroxylation is 1. The van der Waals surface area contributed by atoms with Crippen LogP contribution in [-0.2, 0) is 0 Å². The monoisotopic (exact) mass is 206 g/mol. The van der Waals surface area contributed by atoms with Crippen molar-refractivity contribution in [2.75, 3.05) is 13.7 Å². The molecule has 0 saturated heterocycles. The van der Waals surface area contributed by atoms with Gasteiger partial charge in [0.1, 0.15) is 0 Å². The Hall–Kier alpha value is -1.18. The first-order chi connectivity index (χ1) is 7.13. The molecule has 1 heterocycles. The van der Waals surface area contributed by atoms with Crippen molar-refractivity contribution in [3.05, 3.63) is 23.3 Å². The molecule has 1 unspecified atom stereocenters. The SMILES string of the molecule is COc1cc(C)cc2c1OCC(C)[C@@H]2C. The van der Waals surface area contributed by atoms with Crippen LogP contribution in [0.3, 0.4) is 0 Å². The first-order valence-corrected chi connectivity index (χ1v) is 5.44. The number of rotatable bonds is 1. The van der Waals surface area contributed by atoms with Crippen LogP contribution in [0.4, 0.5) is 0 Å². The zero-order valence-electron chi connectivity index (χ0n) is 9.83. The van der Waals surface area contributed by atoms with Gasteiger partial charge in [0.2, 0.25) is 0 Å². The third-order valence-corrected chi connectivity index (χ3v) is 3.28. The lowest BCUT2D eigenvalue weighted by Crippen LogP contribution is -2.22. The Balaban J connectivity index is 2.53. The van der Waals surface area contributed by atoms with E-state index in [4.69, 9.17) is 9.47 Å². The summed E-state index contributed by atoms with van der Waals surface area (Å²) >= 11 is 0. The molecule has 0 bridgehead atoms. The highest BCUT2D eigenvalue weighted by molar-refractivity contribution is 5.51. The van der Waals surface area contributed by atoms with Crippen LogP contribution in [0.15, 0.2) is 12.1 Å². The maximum Gasteiger partial charge on any atom is 0.164 e. The van der Waals surface area contributed by atoms with Crippen LogP contribution in [0, 0.1) is 12.8 Å². The summed E-state index contributed by atoms with van der Waals surface area (Å²) < 4.78 is 11.1. The summed E-state index contributed by atoms with van der Waals surface area (Å²) in [6, 6.07) is 4.24. The summed E-state index contributed by atoms with van der Waals surface area (Å²) in [5.74, 6) is 2.92. The highest BCUT2D eigenvalue weighted by Crippen LogP contribution is 2.43. The van der Waals surface area contributed by atoms with Gasteiger partial charge in [0, 0.05) is 5.56 Å². The summed E-state index contributed by atoms with van der Waals surface area (Å²) in [6.45, 7) is 7.36. The van der Waals surface area contributed by atoms with Crippen molar-refractivity contribution in [2.45, 2.75) is 26.7 Å². The molecule has 15 heavy (non-hydrogen) atoms. The third-order valence-electron chi connectivity index (χ3n) is 3.28. The van der Waals surface area contributed by atoms with Crippen molar-refractivity contribution in [3.63, 3.8) is 0 Å². The lowest BCUT2D eigenvalue weighted by Gasteiger charge is -2.30. The number of fused-ring (bicyclic) bond motifs is 1. The number of benzene rings is 1. The average Bonchev–Trinajstić information content (AvgIpc) is 2.23. The van der Waals surface area contributed by atoms with Crippen molar-refractivity contribution in [3.8, 4) is 11.5 Å². The highest BCUT2D eigenvalue weighted by atomic mass is 16.5. The molecular weight excluding hydrogens is 188 g/mol. The molecule has 0 aliphatic carbocycles. The van der Waals surface area contributed by atoms with Crippen LogP contribution in [-0.4, -0.2) is 13.7 Å². The molecule has 0 fully saturated rings. The molecule has 1 aromatic rings. The summed E-state index contributed by atoms with van der Waals surface area (Å²) in [5.41, 5.74) is 2.51. The van der Waals surface area contributed by atoms with Crippen molar-refractivity contribution < 1.29 is 9.47 Å². The van der Waals surface area contributed by atoms with Gasteiger partial charge in [0.15, 0.2) is 11.5 Å². The first-order valence-electron chi connectivity index (χ1n) is 5.44. The van der Waals surface area contributed by atoms with Crippen LogP contribution in [0.5, 0.6) is 11.5 Å². The van der Waals surface area contributed by atoms with Crippen LogP contribution < -0.4 is 9.47 Å². The molecule has 1 aliphatic rings. The Bertz CT molecular complexity index is 371. The zero-order chi connectivity index (χ0) is 11.0. The van der Waals surface area contributed by atoms with Gasteiger partial charge in [-0.15, -0.1) is 0 Å². The maximum absolute atomic E-state index is 5.76. The Morgan fingerprint density at radius 2 is 2.07 bits per heavy atom. The normalized spacial score (nSPS) is 24.3. The van der Waals surface area contributed by atoms with Crippen LogP contribution in [0.2, 0.25) is 0 Å². The Morgan fingerprint density at radius 3 is 2.73 bits per heavy atom. The van der Waals surface area contributed by atoms with Crippen molar-refractivity contribution in [1.82, 2.24) is 0 Å². The van der Waals surface area contributed by atoms with E-state index in [1.165, 1.54) is 11.1 Å². The van der Waals surface area contributed by atoms with E-state index in [0.717, 1.165) is 18.1 Å². The van der Waals surface area contributed by atoms with E-state index in [9.17, 15) is 0 Å². The largest absolute Gasteiger partial charge is 0.493 e. The summed E-state index contributed by atoms with van der Waals surface area (Å²) in [7, 11) is 1.70. The van der Waals surface area contributed by atoms with Crippen LogP contribution in [0.25, 0.3) is 0 Å². The van der Waals surface area contributed by atoms with E-state index in [-0.39, 0.29) is 0 Å². The minimum Gasteiger partial charge on any atom is -0.493 e. The van der Waals surface area contributed by atoms with Gasteiger partial charge < -0.3 is 9.47 Å². The molecule has 0 N–H and O–H groups in total. The fourth-order valence-electron chi connectivity index (χ4n) is 2.08. The second-order valence-electron chi connectivity index (χ2n) is 4.46. The molecule has 2 atom stereocenters. The second-order valence-corrected chi connectivity index (χ2v) is 4.46. The van der Waals surface area contributed by atoms with E-state index >= 15 is 0 Å². The van der Waals surface area contributed by atoms with Gasteiger partial charge in [-0.2, -0.15) is 0 Å². The predicted molar refractivity (Wildman–Crippen MR) is 60.8 cm³/mol. The molecule has 0 spiro atoms. The topological polar surface area (TPSA) is 18.5 Å². The lowest BCUT2D eigenvalue weighted by molar-refractivity contribution is 0.202. The van der Waals surface area contributed by atoms with Crippen molar-refractivity contribution in [2.24, 2.45) is 5.92 Å². The van der Waals surface area contributed by atoms with Gasteiger partial charge in [-0.1, -0.05) is 19.9 Å². The standard InChI is InChI=1S/C13H18O2/c1-8-5-11-10(3)9(2)7-15-13(11)12(6-8)14-4/h5-6,9-10H,7H2,1-4H3/t9?,10-/m0/s1. The lowest BCUT2D eigenvalue weighted by atomic mass is 9.86. The zero-order valence-corrected chi connectivity index (χ0v) is 9.83. The average molecular weight is 206 g/mol.